The van der Waals surface area contributed by atoms with Gasteiger partial charge >= 0.3 is 0 Å². The molecule has 132 valence electrons. The van der Waals surface area contributed by atoms with E-state index in [1.165, 1.54) is 0 Å². The van der Waals surface area contributed by atoms with Gasteiger partial charge in [0.25, 0.3) is 5.91 Å². The Balaban J connectivity index is 1.28. The van der Waals surface area contributed by atoms with Gasteiger partial charge in [-0.05, 0) is 32.4 Å². The van der Waals surface area contributed by atoms with Gasteiger partial charge in [-0.15, -0.1) is 11.8 Å². The van der Waals surface area contributed by atoms with Crippen LogP contribution in [0, 0.1) is 13.8 Å². The van der Waals surface area contributed by atoms with Crippen molar-refractivity contribution in [2.75, 3.05) is 18.8 Å². The molecule has 0 saturated carbocycles. The fourth-order valence-electron chi connectivity index (χ4n) is 3.43. The Kier molecular flexibility index (Phi) is 4.29. The number of hydrogen-bond acceptors (Lipinski definition) is 6. The zero-order chi connectivity index (χ0) is 17.4. The second-order valence-corrected chi connectivity index (χ2v) is 8.38. The summed E-state index contributed by atoms with van der Waals surface area (Å²) in [6.07, 6.45) is 1.19. The van der Waals surface area contributed by atoms with Gasteiger partial charge in [-0.25, -0.2) is 0 Å². The summed E-state index contributed by atoms with van der Waals surface area (Å²) in [6, 6.07) is 7.68. The maximum Gasteiger partial charge on any atom is 0.292 e. The summed E-state index contributed by atoms with van der Waals surface area (Å²) < 4.78 is 11.3. The number of rotatable bonds is 4. The van der Waals surface area contributed by atoms with Crippen LogP contribution >= 0.6 is 11.8 Å². The van der Waals surface area contributed by atoms with Crippen molar-refractivity contribution in [1.29, 1.82) is 0 Å². The van der Waals surface area contributed by atoms with E-state index in [1.54, 1.807) is 6.07 Å². The molecule has 2 aromatic heterocycles. The molecule has 0 bridgehead atoms. The average Bonchev–Trinajstić information content (AvgIpc) is 3.18. The van der Waals surface area contributed by atoms with E-state index in [0.717, 1.165) is 42.3 Å². The Hall–Kier alpha value is -1.86. The molecule has 0 radical (unpaired) electrons. The molecule has 4 rings (SSSR count). The molecule has 2 aromatic rings. The molecule has 2 aliphatic rings. The summed E-state index contributed by atoms with van der Waals surface area (Å²) in [5, 5.41) is 3.79. The van der Waals surface area contributed by atoms with Crippen molar-refractivity contribution in [2.24, 2.45) is 0 Å². The first kappa shape index (κ1) is 16.6. The van der Waals surface area contributed by atoms with Gasteiger partial charge in [0.05, 0.1) is 28.8 Å². The lowest BCUT2D eigenvalue weighted by Gasteiger charge is -2.46. The van der Waals surface area contributed by atoms with Crippen molar-refractivity contribution < 1.29 is 14.1 Å². The Labute approximate surface area is 150 Å². The van der Waals surface area contributed by atoms with Gasteiger partial charge in [0, 0.05) is 30.6 Å². The zero-order valence-electron chi connectivity index (χ0n) is 14.4. The van der Waals surface area contributed by atoms with Gasteiger partial charge in [-0.1, -0.05) is 11.2 Å². The molecule has 0 unspecified atom stereocenters. The summed E-state index contributed by atoms with van der Waals surface area (Å²) in [6.45, 7) is 5.84. The molecule has 7 heteroatoms. The predicted molar refractivity (Wildman–Crippen MR) is 94.5 cm³/mol. The van der Waals surface area contributed by atoms with E-state index < -0.39 is 0 Å². The van der Waals surface area contributed by atoms with Crippen LogP contribution in [-0.4, -0.2) is 50.6 Å². The van der Waals surface area contributed by atoms with E-state index in [4.69, 9.17) is 9.26 Å². The van der Waals surface area contributed by atoms with E-state index in [1.807, 2.05) is 48.7 Å². The minimum absolute atomic E-state index is 0.0693. The van der Waals surface area contributed by atoms with Crippen LogP contribution in [-0.2, 0) is 11.3 Å². The van der Waals surface area contributed by atoms with Crippen molar-refractivity contribution in [2.45, 2.75) is 37.7 Å². The highest BCUT2D eigenvalue weighted by Gasteiger charge is 2.51. The molecule has 0 aromatic carbocycles. The molecule has 2 saturated heterocycles. The summed E-state index contributed by atoms with van der Waals surface area (Å²) in [5.41, 5.74) is 2.71. The number of aryl methyl sites for hydroxylation is 2. The Morgan fingerprint density at radius 3 is 2.96 bits per heavy atom. The topological polar surface area (TPSA) is 68.5 Å². The Morgan fingerprint density at radius 1 is 1.40 bits per heavy atom. The molecule has 2 aliphatic heterocycles. The lowest BCUT2D eigenvalue weighted by Crippen LogP contribution is -2.60. The number of likely N-dealkylation sites (tertiary alicyclic amines) is 1. The second kappa shape index (κ2) is 6.46. The molecule has 25 heavy (non-hydrogen) atoms. The largest absolute Gasteiger partial charge is 0.371 e. The van der Waals surface area contributed by atoms with Crippen LogP contribution in [0.1, 0.15) is 34.1 Å². The van der Waals surface area contributed by atoms with Crippen LogP contribution in [0.15, 0.2) is 28.8 Å². The number of thioether (sulfide) groups is 1. The standard InChI is InChI=1S/C18H21N3O3S/c1-12-4-3-5-14(19-12)8-23-15-7-18(25-9-15)10-21(11-18)17(22)16-6-13(2)20-24-16/h3-6,15H,7-11H2,1-2H3/t15-/m1/s1. The molecule has 1 spiro atoms. The van der Waals surface area contributed by atoms with Crippen molar-refractivity contribution >= 4 is 17.7 Å². The van der Waals surface area contributed by atoms with E-state index in [-0.39, 0.29) is 16.8 Å². The number of pyridine rings is 1. The maximum atomic E-state index is 12.3. The molecule has 1 amide bonds. The highest BCUT2D eigenvalue weighted by molar-refractivity contribution is 8.01. The van der Waals surface area contributed by atoms with E-state index in [2.05, 4.69) is 10.1 Å². The van der Waals surface area contributed by atoms with E-state index >= 15 is 0 Å². The maximum absolute atomic E-state index is 12.3. The number of nitrogens with zero attached hydrogens (tertiary/aromatic N) is 3. The molecule has 2 fully saturated rings. The predicted octanol–water partition coefficient (Wildman–Crippen LogP) is 2.60. The smallest absolute Gasteiger partial charge is 0.292 e. The van der Waals surface area contributed by atoms with Crippen LogP contribution in [0.5, 0.6) is 0 Å². The molecule has 6 nitrogen and oxygen atoms in total. The van der Waals surface area contributed by atoms with Crippen molar-refractivity contribution in [3.63, 3.8) is 0 Å². The van der Waals surface area contributed by atoms with Crippen molar-refractivity contribution in [3.8, 4) is 0 Å². The van der Waals surface area contributed by atoms with Crippen LogP contribution in [0.2, 0.25) is 0 Å². The second-order valence-electron chi connectivity index (χ2n) is 6.90. The molecule has 0 aliphatic carbocycles. The minimum Gasteiger partial charge on any atom is -0.371 e. The number of aromatic nitrogens is 2. The monoisotopic (exact) mass is 359 g/mol. The highest BCUT2D eigenvalue weighted by atomic mass is 32.2. The first-order valence-electron chi connectivity index (χ1n) is 8.44. The Morgan fingerprint density at radius 2 is 2.24 bits per heavy atom. The first-order chi connectivity index (χ1) is 12.0. The third-order valence-electron chi connectivity index (χ3n) is 4.67. The third kappa shape index (κ3) is 3.43. The van der Waals surface area contributed by atoms with Crippen LogP contribution in [0.3, 0.4) is 0 Å². The summed E-state index contributed by atoms with van der Waals surface area (Å²) >= 11 is 1.91. The van der Waals surface area contributed by atoms with Crippen LogP contribution < -0.4 is 0 Å². The van der Waals surface area contributed by atoms with Crippen LogP contribution in [0.25, 0.3) is 0 Å². The normalized spacial score (nSPS) is 21.5. The average molecular weight is 359 g/mol. The molecule has 1 atom stereocenters. The number of ether oxygens (including phenoxy) is 1. The van der Waals surface area contributed by atoms with Crippen molar-refractivity contribution in [3.05, 3.63) is 47.1 Å². The molecule has 4 heterocycles. The summed E-state index contributed by atoms with van der Waals surface area (Å²) in [5.74, 6) is 1.23. The summed E-state index contributed by atoms with van der Waals surface area (Å²) in [4.78, 5) is 18.7. The third-order valence-corrected chi connectivity index (χ3v) is 6.25. The fraction of sp³-hybridized carbons (Fsp3) is 0.500. The molecular formula is C18H21N3O3S. The van der Waals surface area contributed by atoms with Gasteiger partial charge in [0.2, 0.25) is 5.76 Å². The number of amides is 1. The SMILES string of the molecule is Cc1cc(C(=O)N2CC3(C[C@@H](OCc4cccc(C)n4)CS3)C2)on1. The number of carbonyl (C=O) groups excluding carboxylic acids is 1. The van der Waals surface area contributed by atoms with Gasteiger partial charge in [0.1, 0.15) is 0 Å². The van der Waals surface area contributed by atoms with Crippen LogP contribution in [0.4, 0.5) is 0 Å². The summed E-state index contributed by atoms with van der Waals surface area (Å²) in [7, 11) is 0. The van der Waals surface area contributed by atoms with Crippen molar-refractivity contribution in [1.82, 2.24) is 15.0 Å². The fourth-order valence-corrected chi connectivity index (χ4v) is 4.98. The van der Waals surface area contributed by atoms with Gasteiger partial charge in [-0.2, -0.15) is 0 Å². The number of carbonyl (C=O) groups is 1. The first-order valence-corrected chi connectivity index (χ1v) is 9.42. The molecular weight excluding hydrogens is 338 g/mol. The zero-order valence-corrected chi connectivity index (χ0v) is 15.2. The minimum atomic E-state index is -0.0693. The molecule has 0 N–H and O–H groups in total. The quantitative estimate of drug-likeness (QED) is 0.836. The van der Waals surface area contributed by atoms with E-state index in [9.17, 15) is 4.79 Å². The number of hydrogen-bond donors (Lipinski definition) is 0. The van der Waals surface area contributed by atoms with Gasteiger partial charge < -0.3 is 14.2 Å². The lowest BCUT2D eigenvalue weighted by molar-refractivity contribution is 0.0230. The lowest BCUT2D eigenvalue weighted by atomic mass is 9.92. The Bertz CT molecular complexity index is 785. The van der Waals surface area contributed by atoms with Gasteiger partial charge in [0.15, 0.2) is 0 Å². The van der Waals surface area contributed by atoms with E-state index in [0.29, 0.717) is 12.4 Å². The van der Waals surface area contributed by atoms with Gasteiger partial charge in [-0.3, -0.25) is 9.78 Å². The highest BCUT2D eigenvalue weighted by Crippen LogP contribution is 2.46.